The summed E-state index contributed by atoms with van der Waals surface area (Å²) in [6, 6.07) is 10.0. The van der Waals surface area contributed by atoms with E-state index in [4.69, 9.17) is 13.9 Å². The number of hydrogen-bond donors (Lipinski definition) is 1. The van der Waals surface area contributed by atoms with E-state index >= 15 is 0 Å². The van der Waals surface area contributed by atoms with Gasteiger partial charge in [-0.05, 0) is 25.0 Å². The van der Waals surface area contributed by atoms with Crippen LogP contribution in [0.3, 0.4) is 0 Å². The van der Waals surface area contributed by atoms with Crippen LogP contribution in [0.1, 0.15) is 31.4 Å². The zero-order chi connectivity index (χ0) is 21.5. The van der Waals surface area contributed by atoms with E-state index in [2.05, 4.69) is 16.3 Å². The van der Waals surface area contributed by atoms with E-state index < -0.39 is 17.4 Å². The molecule has 1 spiro atoms. The van der Waals surface area contributed by atoms with Gasteiger partial charge in [-0.1, -0.05) is 18.2 Å². The second kappa shape index (κ2) is 8.15. The molecule has 5 rings (SSSR count). The minimum Gasteiger partial charge on any atom is -0.460 e. The fourth-order valence-electron chi connectivity index (χ4n) is 4.92. The van der Waals surface area contributed by atoms with E-state index in [0.29, 0.717) is 26.3 Å². The Balaban J connectivity index is 1.16. The summed E-state index contributed by atoms with van der Waals surface area (Å²) >= 11 is 0. The number of carbonyl (C=O) groups is 1. The molecule has 0 radical (unpaired) electrons. The number of hydrogen-bond acceptors (Lipinski definition) is 5. The van der Waals surface area contributed by atoms with Crippen molar-refractivity contribution in [2.24, 2.45) is 5.92 Å². The molecule has 6 nitrogen and oxygen atoms in total. The van der Waals surface area contributed by atoms with Gasteiger partial charge < -0.3 is 19.2 Å². The van der Waals surface area contributed by atoms with E-state index in [9.17, 15) is 13.6 Å². The monoisotopic (exact) mass is 434 g/mol. The average Bonchev–Trinajstić information content (AvgIpc) is 3.24. The number of ether oxygens (including phenoxy) is 2. The molecular weight excluding hydrogens is 406 g/mol. The fraction of sp³-hybridized carbons (Fsp3) is 0.609. The molecule has 1 aromatic heterocycles. The third-order valence-corrected chi connectivity index (χ3v) is 6.59. The predicted octanol–water partition coefficient (Wildman–Crippen LogP) is 3.34. The standard InChI is InChI=1S/C23H28F2N2O4/c24-23(25)10-17(11-23)21(28)26-12-18-5-6-22(31-18)14-27(7-8-29-15-22)13-19-9-16-3-1-2-4-20(16)30-19/h1-4,9,17-18H,5-8,10-15H2,(H,26,28)/t18-,22-/m1/s1. The van der Waals surface area contributed by atoms with Crippen LogP contribution in [-0.2, 0) is 20.8 Å². The van der Waals surface area contributed by atoms with E-state index in [0.717, 1.165) is 42.7 Å². The lowest BCUT2D eigenvalue weighted by Gasteiger charge is -2.34. The topological polar surface area (TPSA) is 63.9 Å². The van der Waals surface area contributed by atoms with Crippen molar-refractivity contribution < 1.29 is 27.5 Å². The maximum Gasteiger partial charge on any atom is 0.249 e. The molecule has 2 saturated heterocycles. The Kier molecular flexibility index (Phi) is 5.48. The molecular formula is C23H28F2N2O4. The van der Waals surface area contributed by atoms with Gasteiger partial charge >= 0.3 is 0 Å². The van der Waals surface area contributed by atoms with Crippen LogP contribution < -0.4 is 5.32 Å². The maximum absolute atomic E-state index is 13.0. The van der Waals surface area contributed by atoms with Crippen molar-refractivity contribution in [3.8, 4) is 0 Å². The van der Waals surface area contributed by atoms with Crippen LogP contribution in [0.25, 0.3) is 11.0 Å². The number of para-hydroxylation sites is 1. The highest BCUT2D eigenvalue weighted by Crippen LogP contribution is 2.42. The summed E-state index contributed by atoms with van der Waals surface area (Å²) in [5.74, 6) is -2.64. The summed E-state index contributed by atoms with van der Waals surface area (Å²) in [6.07, 6.45) is 0.825. The van der Waals surface area contributed by atoms with Crippen LogP contribution in [0.5, 0.6) is 0 Å². The van der Waals surface area contributed by atoms with Gasteiger partial charge in [-0.15, -0.1) is 0 Å². The lowest BCUT2D eigenvalue weighted by Crippen LogP contribution is -2.47. The van der Waals surface area contributed by atoms with Gasteiger partial charge in [0.1, 0.15) is 16.9 Å². The first-order valence-electron chi connectivity index (χ1n) is 11.0. The van der Waals surface area contributed by atoms with Gasteiger partial charge in [-0.2, -0.15) is 0 Å². The number of furan rings is 1. The zero-order valence-corrected chi connectivity index (χ0v) is 17.4. The van der Waals surface area contributed by atoms with Gasteiger partial charge in [-0.25, -0.2) is 8.78 Å². The molecule has 3 fully saturated rings. The van der Waals surface area contributed by atoms with Gasteiger partial charge in [0.05, 0.1) is 25.9 Å². The Labute approximate surface area is 179 Å². The molecule has 2 aliphatic heterocycles. The minimum absolute atomic E-state index is 0.126. The third kappa shape index (κ3) is 4.61. The molecule has 1 N–H and O–H groups in total. The van der Waals surface area contributed by atoms with Crippen LogP contribution in [0.4, 0.5) is 8.78 Å². The average molecular weight is 434 g/mol. The second-order valence-corrected chi connectivity index (χ2v) is 9.18. The van der Waals surface area contributed by atoms with Crippen molar-refractivity contribution in [3.05, 3.63) is 36.1 Å². The predicted molar refractivity (Wildman–Crippen MR) is 110 cm³/mol. The number of benzene rings is 1. The first kappa shape index (κ1) is 20.8. The lowest BCUT2D eigenvalue weighted by atomic mass is 9.81. The second-order valence-electron chi connectivity index (χ2n) is 9.18. The number of halogens is 2. The van der Waals surface area contributed by atoms with E-state index in [-0.39, 0.29) is 24.9 Å². The summed E-state index contributed by atoms with van der Waals surface area (Å²) in [5, 5.41) is 3.89. The van der Waals surface area contributed by atoms with Crippen molar-refractivity contribution >= 4 is 16.9 Å². The Bertz CT molecular complexity index is 908. The van der Waals surface area contributed by atoms with Crippen LogP contribution >= 0.6 is 0 Å². The van der Waals surface area contributed by atoms with Crippen LogP contribution in [0, 0.1) is 5.92 Å². The number of carbonyl (C=O) groups excluding carboxylic acids is 1. The molecule has 0 unspecified atom stereocenters. The van der Waals surface area contributed by atoms with Crippen LogP contribution in [0.2, 0.25) is 0 Å². The summed E-state index contributed by atoms with van der Waals surface area (Å²) in [7, 11) is 0. The van der Waals surface area contributed by atoms with Gasteiger partial charge in [0.25, 0.3) is 0 Å². The number of nitrogens with one attached hydrogen (secondary N) is 1. The lowest BCUT2D eigenvalue weighted by molar-refractivity contribution is -0.151. The molecule has 31 heavy (non-hydrogen) atoms. The van der Waals surface area contributed by atoms with E-state index in [1.54, 1.807) is 0 Å². The number of fused-ring (bicyclic) bond motifs is 1. The molecule has 1 aliphatic carbocycles. The number of rotatable bonds is 5. The maximum atomic E-state index is 13.0. The minimum atomic E-state index is -2.68. The van der Waals surface area contributed by atoms with Crippen molar-refractivity contribution in [1.29, 1.82) is 0 Å². The van der Waals surface area contributed by atoms with Gasteiger partial charge in [0, 0.05) is 43.8 Å². The molecule has 2 aromatic rings. The molecule has 3 aliphatic rings. The van der Waals surface area contributed by atoms with Gasteiger partial charge in [-0.3, -0.25) is 9.69 Å². The van der Waals surface area contributed by atoms with Crippen LogP contribution in [-0.4, -0.2) is 61.3 Å². The zero-order valence-electron chi connectivity index (χ0n) is 17.4. The fourth-order valence-corrected chi connectivity index (χ4v) is 4.92. The SMILES string of the molecule is O=C(NC[C@H]1CC[C@@]2(COCCN(Cc3cc4ccccc4o3)C2)O1)C1CC(F)(F)C1. The molecule has 0 bridgehead atoms. The van der Waals surface area contributed by atoms with Crippen molar-refractivity contribution in [2.45, 2.75) is 49.9 Å². The number of nitrogens with zero attached hydrogens (tertiary/aromatic N) is 1. The van der Waals surface area contributed by atoms with Crippen molar-refractivity contribution in [3.63, 3.8) is 0 Å². The summed E-state index contributed by atoms with van der Waals surface area (Å²) in [5.41, 5.74) is 0.469. The molecule has 1 saturated carbocycles. The van der Waals surface area contributed by atoms with E-state index in [1.165, 1.54) is 0 Å². The van der Waals surface area contributed by atoms with Crippen molar-refractivity contribution in [2.75, 3.05) is 32.8 Å². The third-order valence-electron chi connectivity index (χ3n) is 6.59. The Morgan fingerprint density at radius 1 is 1.26 bits per heavy atom. The Hall–Kier alpha value is -2.03. The molecule has 168 valence electrons. The Morgan fingerprint density at radius 2 is 2.10 bits per heavy atom. The first-order chi connectivity index (χ1) is 14.9. The van der Waals surface area contributed by atoms with Gasteiger partial charge in [0.15, 0.2) is 0 Å². The van der Waals surface area contributed by atoms with Gasteiger partial charge in [0.2, 0.25) is 11.8 Å². The summed E-state index contributed by atoms with van der Waals surface area (Å²) in [6.45, 7) is 3.70. The number of alkyl halides is 2. The molecule has 1 aromatic carbocycles. The van der Waals surface area contributed by atoms with Crippen molar-refractivity contribution in [1.82, 2.24) is 10.2 Å². The van der Waals surface area contributed by atoms with E-state index in [1.807, 2.05) is 24.3 Å². The highest BCUT2D eigenvalue weighted by atomic mass is 19.3. The Morgan fingerprint density at radius 3 is 2.90 bits per heavy atom. The quantitative estimate of drug-likeness (QED) is 0.782. The molecule has 1 amide bonds. The molecule has 3 heterocycles. The highest BCUT2D eigenvalue weighted by molar-refractivity contribution is 5.80. The number of amides is 1. The van der Waals surface area contributed by atoms with Crippen LogP contribution in [0.15, 0.2) is 34.7 Å². The summed E-state index contributed by atoms with van der Waals surface area (Å²) in [4.78, 5) is 14.4. The summed E-state index contributed by atoms with van der Waals surface area (Å²) < 4.78 is 44.2. The normalized spacial score (nSPS) is 29.2. The molecule has 2 atom stereocenters. The smallest absolute Gasteiger partial charge is 0.249 e. The molecule has 8 heteroatoms. The first-order valence-corrected chi connectivity index (χ1v) is 11.0. The highest BCUT2D eigenvalue weighted by Gasteiger charge is 2.49. The largest absolute Gasteiger partial charge is 0.460 e.